The highest BCUT2D eigenvalue weighted by molar-refractivity contribution is 6.11. The molecule has 9 nitrogen and oxygen atoms in total. The topological polar surface area (TPSA) is 103 Å². The molecule has 0 saturated carbocycles. The number of nitrogens with one attached hydrogen (secondary N) is 1. The molecule has 1 atom stereocenters. The van der Waals surface area contributed by atoms with E-state index in [1.54, 1.807) is 24.3 Å². The van der Waals surface area contributed by atoms with E-state index in [0.29, 0.717) is 60.3 Å². The van der Waals surface area contributed by atoms with E-state index in [2.05, 4.69) is 5.32 Å². The third kappa shape index (κ3) is 3.93. The van der Waals surface area contributed by atoms with E-state index in [1.165, 1.54) is 0 Å². The van der Waals surface area contributed by atoms with Crippen molar-refractivity contribution in [1.29, 1.82) is 0 Å². The molecular formula is C28H25N5O4. The Kier molecular flexibility index (Phi) is 5.69. The van der Waals surface area contributed by atoms with Gasteiger partial charge in [-0.05, 0) is 30.7 Å². The summed E-state index contributed by atoms with van der Waals surface area (Å²) in [7, 11) is 0. The molecule has 37 heavy (non-hydrogen) atoms. The minimum atomic E-state index is -0.603. The first-order valence-electron chi connectivity index (χ1n) is 12.2. The van der Waals surface area contributed by atoms with Gasteiger partial charge in [0.15, 0.2) is 5.78 Å². The van der Waals surface area contributed by atoms with Crippen LogP contribution in [-0.4, -0.2) is 46.6 Å². The number of ketones is 1. The van der Waals surface area contributed by atoms with Gasteiger partial charge in [0.25, 0.3) is 5.69 Å². The van der Waals surface area contributed by atoms with E-state index < -0.39 is 6.04 Å². The number of rotatable bonds is 5. The smallest absolute Gasteiger partial charge is 0.292 e. The molecule has 1 fully saturated rings. The second-order valence-corrected chi connectivity index (χ2v) is 9.16. The summed E-state index contributed by atoms with van der Waals surface area (Å²) in [6, 6.07) is 21.5. The van der Waals surface area contributed by atoms with Crippen molar-refractivity contribution in [2.24, 2.45) is 0 Å². The standard InChI is InChI=1S/C28H25N5O4/c1-18-25(27(34)19-7-3-2-4-8-19)26(32-22-10-6-5-9-21(22)30-28(32)29-18)20-11-12-23(24(17-20)33(35)36)31-13-15-37-16-14-31/h2-12,17,26H,13-16H2,1H3,(H,29,30)/t26-/m1/s1. The molecule has 6 rings (SSSR count). The SMILES string of the molecule is CC1=C(C(=O)c2ccccc2)[C@@H](c2ccc(N3CCOCC3)c([N+](=O)[O-])c2)n2c(nc3ccccc32)N1. The first kappa shape index (κ1) is 22.9. The maximum Gasteiger partial charge on any atom is 0.292 e. The number of carbonyl (C=O) groups excluding carboxylic acids is 1. The molecule has 0 radical (unpaired) electrons. The zero-order valence-electron chi connectivity index (χ0n) is 20.3. The van der Waals surface area contributed by atoms with E-state index >= 15 is 0 Å². The van der Waals surface area contributed by atoms with Gasteiger partial charge in [-0.3, -0.25) is 19.5 Å². The number of fused-ring (bicyclic) bond motifs is 3. The van der Waals surface area contributed by atoms with Crippen molar-refractivity contribution in [1.82, 2.24) is 9.55 Å². The molecule has 1 saturated heterocycles. The van der Waals surface area contributed by atoms with E-state index in [0.717, 1.165) is 11.0 Å². The summed E-state index contributed by atoms with van der Waals surface area (Å²) < 4.78 is 7.40. The van der Waals surface area contributed by atoms with E-state index in [9.17, 15) is 14.9 Å². The highest BCUT2D eigenvalue weighted by atomic mass is 16.6. The number of benzene rings is 3. The van der Waals surface area contributed by atoms with Gasteiger partial charge in [0.1, 0.15) is 5.69 Å². The van der Waals surface area contributed by atoms with Gasteiger partial charge < -0.3 is 15.0 Å². The fourth-order valence-electron chi connectivity index (χ4n) is 5.25. The molecule has 0 amide bonds. The van der Waals surface area contributed by atoms with E-state index in [4.69, 9.17) is 9.72 Å². The van der Waals surface area contributed by atoms with Gasteiger partial charge in [-0.2, -0.15) is 0 Å². The number of hydrogen-bond donors (Lipinski definition) is 1. The number of allylic oxidation sites excluding steroid dienone is 2. The summed E-state index contributed by atoms with van der Waals surface area (Å²) in [5.74, 6) is 0.451. The lowest BCUT2D eigenvalue weighted by Gasteiger charge is -2.32. The number of anilines is 2. The van der Waals surface area contributed by atoms with Crippen molar-refractivity contribution in [2.45, 2.75) is 13.0 Å². The molecule has 186 valence electrons. The Morgan fingerprint density at radius 3 is 2.54 bits per heavy atom. The molecule has 1 N–H and O–H groups in total. The number of imidazole rings is 1. The number of Topliss-reactive ketones (excluding diaryl/α,β-unsaturated/α-hetero) is 1. The van der Waals surface area contributed by atoms with Gasteiger partial charge in [0.05, 0.1) is 35.2 Å². The molecule has 1 aromatic heterocycles. The van der Waals surface area contributed by atoms with Crippen LogP contribution in [0.1, 0.15) is 28.9 Å². The summed E-state index contributed by atoms with van der Waals surface area (Å²) in [6.07, 6.45) is 0. The number of hydrogen-bond acceptors (Lipinski definition) is 7. The second kappa shape index (κ2) is 9.18. The van der Waals surface area contributed by atoms with Gasteiger partial charge in [0, 0.05) is 36.0 Å². The first-order valence-corrected chi connectivity index (χ1v) is 12.2. The number of nitro benzene ring substituents is 1. The molecule has 0 aliphatic carbocycles. The summed E-state index contributed by atoms with van der Waals surface area (Å²) in [4.78, 5) is 32.5. The Bertz CT molecular complexity index is 1550. The Morgan fingerprint density at radius 2 is 1.78 bits per heavy atom. The zero-order valence-corrected chi connectivity index (χ0v) is 20.3. The highest BCUT2D eigenvalue weighted by Gasteiger charge is 2.36. The lowest BCUT2D eigenvalue weighted by molar-refractivity contribution is -0.384. The Labute approximate surface area is 213 Å². The third-order valence-electron chi connectivity index (χ3n) is 6.98. The Morgan fingerprint density at radius 1 is 1.05 bits per heavy atom. The van der Waals surface area contributed by atoms with E-state index in [-0.39, 0.29) is 16.4 Å². The van der Waals surface area contributed by atoms with Crippen LogP contribution >= 0.6 is 0 Å². The molecule has 0 bridgehead atoms. The average molecular weight is 496 g/mol. The lowest BCUT2D eigenvalue weighted by Crippen LogP contribution is -2.36. The second-order valence-electron chi connectivity index (χ2n) is 9.16. The molecule has 2 aliphatic heterocycles. The summed E-state index contributed by atoms with van der Waals surface area (Å²) in [5, 5.41) is 15.6. The van der Waals surface area contributed by atoms with Crippen molar-refractivity contribution in [3.05, 3.63) is 105 Å². The molecule has 0 unspecified atom stereocenters. The van der Waals surface area contributed by atoms with Crippen molar-refractivity contribution < 1.29 is 14.5 Å². The quantitative estimate of drug-likeness (QED) is 0.237. The van der Waals surface area contributed by atoms with Gasteiger partial charge >= 0.3 is 0 Å². The number of ether oxygens (including phenoxy) is 1. The predicted octanol–water partition coefficient (Wildman–Crippen LogP) is 4.95. The van der Waals surface area contributed by atoms with Crippen LogP contribution in [0.4, 0.5) is 17.3 Å². The average Bonchev–Trinajstić information content (AvgIpc) is 3.30. The number of carbonyl (C=O) groups is 1. The maximum atomic E-state index is 13.9. The van der Waals surface area contributed by atoms with Crippen LogP contribution in [0.3, 0.4) is 0 Å². The summed E-state index contributed by atoms with van der Waals surface area (Å²) in [5.41, 5.74) is 4.56. The summed E-state index contributed by atoms with van der Waals surface area (Å²) in [6.45, 7) is 4.06. The molecule has 0 spiro atoms. The monoisotopic (exact) mass is 495 g/mol. The number of morpholine rings is 1. The van der Waals surface area contributed by atoms with Crippen molar-refractivity contribution in [2.75, 3.05) is 36.5 Å². The Hall–Kier alpha value is -4.50. The molecule has 9 heteroatoms. The zero-order chi connectivity index (χ0) is 25.5. The van der Waals surface area contributed by atoms with Crippen molar-refractivity contribution in [3.63, 3.8) is 0 Å². The number of nitro groups is 1. The molecule has 3 heterocycles. The minimum Gasteiger partial charge on any atom is -0.378 e. The largest absolute Gasteiger partial charge is 0.378 e. The van der Waals surface area contributed by atoms with Gasteiger partial charge in [-0.25, -0.2) is 4.98 Å². The summed E-state index contributed by atoms with van der Waals surface area (Å²) >= 11 is 0. The van der Waals surface area contributed by atoms with Crippen molar-refractivity contribution in [3.8, 4) is 0 Å². The molecular weight excluding hydrogens is 470 g/mol. The van der Waals surface area contributed by atoms with Crippen LogP contribution < -0.4 is 10.2 Å². The maximum absolute atomic E-state index is 13.9. The van der Waals surface area contributed by atoms with Crippen LogP contribution in [0, 0.1) is 10.1 Å². The van der Waals surface area contributed by atoms with Gasteiger partial charge in [-0.1, -0.05) is 48.5 Å². The van der Waals surface area contributed by atoms with Gasteiger partial charge in [0.2, 0.25) is 5.95 Å². The van der Waals surface area contributed by atoms with Gasteiger partial charge in [-0.15, -0.1) is 0 Å². The molecule has 2 aliphatic rings. The van der Waals surface area contributed by atoms with Crippen molar-refractivity contribution >= 4 is 34.1 Å². The molecule has 4 aromatic rings. The number of aromatic nitrogens is 2. The fraction of sp³-hybridized carbons (Fsp3) is 0.214. The fourth-order valence-corrected chi connectivity index (χ4v) is 5.25. The van der Waals surface area contributed by atoms with E-state index in [1.807, 2.05) is 64.9 Å². The number of nitrogens with zero attached hydrogens (tertiary/aromatic N) is 4. The van der Waals surface area contributed by atoms with Crippen LogP contribution in [0.25, 0.3) is 11.0 Å². The third-order valence-corrected chi connectivity index (χ3v) is 6.98. The predicted molar refractivity (Wildman–Crippen MR) is 141 cm³/mol. The first-order chi connectivity index (χ1) is 18.0. The van der Waals surface area contributed by atoms with Crippen LogP contribution in [-0.2, 0) is 4.74 Å². The minimum absolute atomic E-state index is 0.00747. The Balaban J connectivity index is 1.56. The highest BCUT2D eigenvalue weighted by Crippen LogP contribution is 2.42. The van der Waals surface area contributed by atoms with Crippen LogP contribution in [0.2, 0.25) is 0 Å². The molecule has 3 aromatic carbocycles. The van der Waals surface area contributed by atoms with Crippen LogP contribution in [0.15, 0.2) is 84.1 Å². The lowest BCUT2D eigenvalue weighted by atomic mass is 9.89. The normalized spacial score (nSPS) is 17.4. The number of para-hydroxylation sites is 2. The van der Waals surface area contributed by atoms with Crippen LogP contribution in [0.5, 0.6) is 0 Å².